The molecule has 0 radical (unpaired) electrons. The fourth-order valence-electron chi connectivity index (χ4n) is 1.91. The van der Waals surface area contributed by atoms with Crippen LogP contribution in [0.3, 0.4) is 0 Å². The minimum Gasteiger partial charge on any atom is -0.362 e. The van der Waals surface area contributed by atoms with Crippen LogP contribution in [0.2, 0.25) is 0 Å². The van der Waals surface area contributed by atoms with Gasteiger partial charge in [-0.1, -0.05) is 11.8 Å². The molecule has 0 amide bonds. The van der Waals surface area contributed by atoms with Crippen molar-refractivity contribution in [1.82, 2.24) is 10.2 Å². The first-order valence-electron chi connectivity index (χ1n) is 5.40. The maximum atomic E-state index is 4.76. The van der Waals surface area contributed by atoms with Crippen LogP contribution in [0.15, 0.2) is 4.99 Å². The Balaban J connectivity index is 1.89. The molecule has 0 bridgehead atoms. The van der Waals surface area contributed by atoms with Crippen LogP contribution in [0.1, 0.15) is 19.8 Å². The lowest BCUT2D eigenvalue weighted by atomic mass is 10.2. The van der Waals surface area contributed by atoms with E-state index >= 15 is 0 Å². The first-order valence-corrected chi connectivity index (χ1v) is 6.38. The lowest BCUT2D eigenvalue weighted by molar-refractivity contribution is 0.411. The van der Waals surface area contributed by atoms with E-state index in [1.807, 2.05) is 11.8 Å². The second-order valence-electron chi connectivity index (χ2n) is 4.32. The average molecular weight is 213 g/mol. The zero-order valence-electron chi connectivity index (χ0n) is 8.99. The highest BCUT2D eigenvalue weighted by Gasteiger charge is 2.20. The Kier molecular flexibility index (Phi) is 3.34. The second-order valence-corrected chi connectivity index (χ2v) is 5.41. The fraction of sp³-hybridized carbons (Fsp3) is 0.900. The molecule has 0 aromatic carbocycles. The number of hydrogen-bond donors (Lipinski definition) is 1. The molecule has 80 valence electrons. The van der Waals surface area contributed by atoms with Gasteiger partial charge in [0.05, 0.1) is 6.04 Å². The predicted molar refractivity (Wildman–Crippen MR) is 63.0 cm³/mol. The van der Waals surface area contributed by atoms with Crippen molar-refractivity contribution in [2.45, 2.75) is 31.8 Å². The summed E-state index contributed by atoms with van der Waals surface area (Å²) in [5.74, 6) is 1.22. The third kappa shape index (κ3) is 2.64. The molecule has 0 aromatic rings. The highest BCUT2D eigenvalue weighted by molar-refractivity contribution is 8.13. The molecule has 4 heteroatoms. The maximum absolute atomic E-state index is 4.76. The van der Waals surface area contributed by atoms with Gasteiger partial charge in [-0.3, -0.25) is 4.99 Å². The van der Waals surface area contributed by atoms with E-state index in [4.69, 9.17) is 4.99 Å². The van der Waals surface area contributed by atoms with E-state index in [0.717, 1.165) is 6.54 Å². The number of nitrogens with one attached hydrogen (secondary N) is 1. The Morgan fingerprint density at radius 2 is 2.36 bits per heavy atom. The Labute approximate surface area is 90.3 Å². The number of likely N-dealkylation sites (N-methyl/N-ethyl adjacent to an activating group) is 1. The first kappa shape index (κ1) is 10.3. The van der Waals surface area contributed by atoms with Crippen molar-refractivity contribution in [2.24, 2.45) is 4.99 Å². The monoisotopic (exact) mass is 213 g/mol. The summed E-state index contributed by atoms with van der Waals surface area (Å²) in [6, 6.07) is 1.13. The van der Waals surface area contributed by atoms with Crippen molar-refractivity contribution in [3.63, 3.8) is 0 Å². The Hall–Kier alpha value is -0.220. The van der Waals surface area contributed by atoms with Gasteiger partial charge in [-0.25, -0.2) is 0 Å². The summed E-state index contributed by atoms with van der Waals surface area (Å²) in [4.78, 5) is 7.12. The van der Waals surface area contributed by atoms with Crippen LogP contribution in [0, 0.1) is 0 Å². The lowest BCUT2D eigenvalue weighted by Crippen LogP contribution is -2.36. The van der Waals surface area contributed by atoms with Crippen molar-refractivity contribution in [3.8, 4) is 0 Å². The molecule has 2 aliphatic heterocycles. The van der Waals surface area contributed by atoms with Gasteiger partial charge in [0.2, 0.25) is 0 Å². The Morgan fingerprint density at radius 3 is 3.00 bits per heavy atom. The SMILES string of the molecule is CC1CCSC(=NC2CCN(C)C2)N1. The topological polar surface area (TPSA) is 27.6 Å². The summed E-state index contributed by atoms with van der Waals surface area (Å²) >= 11 is 1.88. The highest BCUT2D eigenvalue weighted by atomic mass is 32.2. The predicted octanol–water partition coefficient (Wildman–Crippen LogP) is 1.16. The molecule has 1 N–H and O–H groups in total. The number of aliphatic imine (C=N–C) groups is 1. The van der Waals surface area contributed by atoms with Gasteiger partial charge in [0.15, 0.2) is 5.17 Å². The van der Waals surface area contributed by atoms with E-state index in [1.54, 1.807) is 0 Å². The summed E-state index contributed by atoms with van der Waals surface area (Å²) in [5.41, 5.74) is 0. The van der Waals surface area contributed by atoms with Gasteiger partial charge in [0, 0.05) is 18.3 Å². The quantitative estimate of drug-likeness (QED) is 0.708. The number of hydrogen-bond acceptors (Lipinski definition) is 3. The third-order valence-electron chi connectivity index (χ3n) is 2.83. The minimum atomic E-state index is 0.528. The minimum absolute atomic E-state index is 0.528. The van der Waals surface area contributed by atoms with E-state index in [9.17, 15) is 0 Å². The van der Waals surface area contributed by atoms with Crippen LogP contribution in [0.25, 0.3) is 0 Å². The van der Waals surface area contributed by atoms with Gasteiger partial charge >= 0.3 is 0 Å². The van der Waals surface area contributed by atoms with Crippen LogP contribution in [-0.2, 0) is 0 Å². The zero-order valence-corrected chi connectivity index (χ0v) is 9.81. The normalized spacial score (nSPS) is 37.4. The van der Waals surface area contributed by atoms with Gasteiger partial charge in [-0.2, -0.15) is 0 Å². The molecular formula is C10H19N3S. The van der Waals surface area contributed by atoms with Crippen LogP contribution < -0.4 is 5.32 Å². The van der Waals surface area contributed by atoms with Crippen LogP contribution in [-0.4, -0.2) is 48.0 Å². The first-order chi connectivity index (χ1) is 6.74. The zero-order chi connectivity index (χ0) is 9.97. The van der Waals surface area contributed by atoms with Crippen molar-refractivity contribution in [2.75, 3.05) is 25.9 Å². The van der Waals surface area contributed by atoms with Crippen molar-refractivity contribution >= 4 is 16.9 Å². The summed E-state index contributed by atoms with van der Waals surface area (Å²) in [6.07, 6.45) is 2.48. The maximum Gasteiger partial charge on any atom is 0.157 e. The molecule has 2 unspecified atom stereocenters. The van der Waals surface area contributed by atoms with E-state index in [0.29, 0.717) is 12.1 Å². The van der Waals surface area contributed by atoms with Gasteiger partial charge < -0.3 is 10.2 Å². The largest absolute Gasteiger partial charge is 0.362 e. The number of thioether (sulfide) groups is 1. The molecule has 2 heterocycles. The summed E-state index contributed by atoms with van der Waals surface area (Å²) in [5, 5.41) is 4.62. The number of likely N-dealkylation sites (tertiary alicyclic amines) is 1. The van der Waals surface area contributed by atoms with Crippen molar-refractivity contribution < 1.29 is 0 Å². The van der Waals surface area contributed by atoms with Crippen LogP contribution in [0.4, 0.5) is 0 Å². The van der Waals surface area contributed by atoms with Crippen LogP contribution >= 0.6 is 11.8 Å². The van der Waals surface area contributed by atoms with E-state index in [-0.39, 0.29) is 0 Å². The number of nitrogens with zero attached hydrogens (tertiary/aromatic N) is 2. The third-order valence-corrected chi connectivity index (χ3v) is 3.76. The Bertz CT molecular complexity index is 229. The lowest BCUT2D eigenvalue weighted by Gasteiger charge is -2.22. The molecule has 2 atom stereocenters. The number of amidine groups is 1. The smallest absolute Gasteiger partial charge is 0.157 e. The molecule has 2 aliphatic rings. The van der Waals surface area contributed by atoms with Crippen molar-refractivity contribution in [3.05, 3.63) is 0 Å². The molecule has 2 saturated heterocycles. The molecule has 0 aromatic heterocycles. The van der Waals surface area contributed by atoms with E-state index in [1.165, 1.54) is 30.3 Å². The second kappa shape index (κ2) is 4.53. The fourth-order valence-corrected chi connectivity index (χ4v) is 3.09. The molecule has 2 fully saturated rings. The van der Waals surface area contributed by atoms with E-state index in [2.05, 4.69) is 24.2 Å². The molecular weight excluding hydrogens is 194 g/mol. The molecule has 3 nitrogen and oxygen atoms in total. The van der Waals surface area contributed by atoms with Gasteiger partial charge in [0.25, 0.3) is 0 Å². The summed E-state index contributed by atoms with van der Waals surface area (Å²) in [7, 11) is 2.17. The summed E-state index contributed by atoms with van der Waals surface area (Å²) in [6.45, 7) is 4.55. The number of rotatable bonds is 1. The molecule has 0 aliphatic carbocycles. The average Bonchev–Trinajstić information content (AvgIpc) is 2.51. The van der Waals surface area contributed by atoms with Gasteiger partial charge in [0.1, 0.15) is 0 Å². The van der Waals surface area contributed by atoms with Crippen molar-refractivity contribution in [1.29, 1.82) is 0 Å². The van der Waals surface area contributed by atoms with Gasteiger partial charge in [-0.05, 0) is 33.4 Å². The Morgan fingerprint density at radius 1 is 1.50 bits per heavy atom. The van der Waals surface area contributed by atoms with Crippen LogP contribution in [0.5, 0.6) is 0 Å². The van der Waals surface area contributed by atoms with E-state index < -0.39 is 0 Å². The highest BCUT2D eigenvalue weighted by Crippen LogP contribution is 2.17. The molecule has 0 spiro atoms. The molecule has 2 rings (SSSR count). The molecule has 0 saturated carbocycles. The summed E-state index contributed by atoms with van der Waals surface area (Å²) < 4.78 is 0. The molecule has 14 heavy (non-hydrogen) atoms. The van der Waals surface area contributed by atoms with Gasteiger partial charge in [-0.15, -0.1) is 0 Å². The standard InChI is InChI=1S/C10H19N3S/c1-8-4-6-14-10(11-8)12-9-3-5-13(2)7-9/h8-9H,3-7H2,1-2H3,(H,11,12).